The first-order valence-corrected chi connectivity index (χ1v) is 3.54. The number of methoxy groups -OCH3 is 1. The monoisotopic (exact) mass is 178 g/mol. The fraction of sp³-hybridized carbons (Fsp3) is 0.143. The van der Waals surface area contributed by atoms with Gasteiger partial charge in [-0.15, -0.1) is 0 Å². The van der Waals surface area contributed by atoms with Crippen molar-refractivity contribution >= 4 is 0 Å². The minimum absolute atomic E-state index is 0.459. The van der Waals surface area contributed by atoms with Gasteiger partial charge < -0.3 is 4.74 Å². The number of aromatic nitrogens is 4. The van der Waals surface area contributed by atoms with Crippen LogP contribution in [0.15, 0.2) is 23.2 Å². The molecule has 0 saturated heterocycles. The lowest BCUT2D eigenvalue weighted by Gasteiger charge is -1.96. The van der Waals surface area contributed by atoms with Crippen molar-refractivity contribution in [3.8, 4) is 17.3 Å². The summed E-state index contributed by atoms with van der Waals surface area (Å²) in [6.07, 6.45) is 4.51. The van der Waals surface area contributed by atoms with Crippen LogP contribution in [0.4, 0.5) is 0 Å². The molecule has 0 radical (unpaired) electrons. The summed E-state index contributed by atoms with van der Waals surface area (Å²) in [5.41, 5.74) is 1.15. The van der Waals surface area contributed by atoms with E-state index in [0.29, 0.717) is 17.3 Å². The summed E-state index contributed by atoms with van der Waals surface area (Å²) in [5, 5.41) is 7.07. The van der Waals surface area contributed by atoms with Crippen LogP contribution in [0.3, 0.4) is 0 Å². The molecule has 0 aromatic carbocycles. The molecule has 2 rings (SSSR count). The molecule has 0 aliphatic heterocycles. The molecule has 0 saturated carbocycles. The molecular weight excluding hydrogens is 172 g/mol. The van der Waals surface area contributed by atoms with E-state index < -0.39 is 0 Å². The average Bonchev–Trinajstić information content (AvgIpc) is 2.71. The number of ether oxygens (including phenoxy) is 1. The lowest BCUT2D eigenvalue weighted by Crippen LogP contribution is -1.90. The Hall–Kier alpha value is -1.98. The molecular formula is C7H6N4O2. The van der Waals surface area contributed by atoms with E-state index in [4.69, 9.17) is 4.74 Å². The van der Waals surface area contributed by atoms with E-state index >= 15 is 0 Å². The molecule has 0 unspecified atom stereocenters. The van der Waals surface area contributed by atoms with E-state index in [2.05, 4.69) is 24.9 Å². The topological polar surface area (TPSA) is 73.9 Å². The molecule has 13 heavy (non-hydrogen) atoms. The smallest absolute Gasteiger partial charge is 0.232 e. The molecule has 0 bridgehead atoms. The van der Waals surface area contributed by atoms with Gasteiger partial charge in [-0.2, -0.15) is 0 Å². The van der Waals surface area contributed by atoms with Crippen LogP contribution >= 0.6 is 0 Å². The molecule has 6 nitrogen and oxygen atoms in total. The van der Waals surface area contributed by atoms with Gasteiger partial charge in [0.05, 0.1) is 19.5 Å². The Labute approximate surface area is 73.5 Å². The van der Waals surface area contributed by atoms with E-state index in [0.717, 1.165) is 0 Å². The van der Waals surface area contributed by atoms with Crippen molar-refractivity contribution in [2.75, 3.05) is 7.11 Å². The third kappa shape index (κ3) is 1.46. The molecule has 2 aromatic rings. The molecule has 0 spiro atoms. The van der Waals surface area contributed by atoms with Gasteiger partial charge in [-0.05, 0) is 5.16 Å². The minimum Gasteiger partial charge on any atom is -0.480 e. The van der Waals surface area contributed by atoms with E-state index in [1.54, 1.807) is 6.20 Å². The normalized spacial score (nSPS) is 9.92. The summed E-state index contributed by atoms with van der Waals surface area (Å²) >= 11 is 0. The second-order valence-corrected chi connectivity index (χ2v) is 2.24. The van der Waals surface area contributed by atoms with Crippen molar-refractivity contribution in [2.24, 2.45) is 0 Å². The molecule has 0 atom stereocenters. The van der Waals surface area contributed by atoms with Gasteiger partial charge in [0, 0.05) is 0 Å². The van der Waals surface area contributed by atoms with Crippen LogP contribution in [0.25, 0.3) is 11.4 Å². The largest absolute Gasteiger partial charge is 0.480 e. The van der Waals surface area contributed by atoms with Gasteiger partial charge in [-0.1, -0.05) is 5.16 Å². The zero-order valence-corrected chi connectivity index (χ0v) is 6.84. The molecule has 0 aliphatic rings. The van der Waals surface area contributed by atoms with Crippen LogP contribution in [0, 0.1) is 0 Å². The van der Waals surface area contributed by atoms with E-state index in [1.807, 2.05) is 0 Å². The second kappa shape index (κ2) is 3.18. The van der Waals surface area contributed by atoms with Crippen molar-refractivity contribution < 1.29 is 9.37 Å². The minimum atomic E-state index is 0.459. The van der Waals surface area contributed by atoms with Crippen molar-refractivity contribution in [3.63, 3.8) is 0 Å². The van der Waals surface area contributed by atoms with Crippen LogP contribution in [-0.2, 0) is 0 Å². The Kier molecular flexibility index (Phi) is 1.87. The first-order valence-electron chi connectivity index (χ1n) is 3.54. The van der Waals surface area contributed by atoms with Crippen molar-refractivity contribution in [2.45, 2.75) is 0 Å². The van der Waals surface area contributed by atoms with Gasteiger partial charge >= 0.3 is 0 Å². The third-order valence-electron chi connectivity index (χ3n) is 1.46. The van der Waals surface area contributed by atoms with Crippen LogP contribution in [0.2, 0.25) is 0 Å². The maximum absolute atomic E-state index is 4.85. The van der Waals surface area contributed by atoms with Gasteiger partial charge in [0.1, 0.15) is 11.9 Å². The summed E-state index contributed by atoms with van der Waals surface area (Å²) in [4.78, 5) is 8.00. The molecule has 6 heteroatoms. The van der Waals surface area contributed by atoms with E-state index in [-0.39, 0.29) is 0 Å². The molecule has 2 aromatic heterocycles. The predicted molar refractivity (Wildman–Crippen MR) is 41.9 cm³/mol. The summed E-state index contributed by atoms with van der Waals surface area (Å²) in [5.74, 6) is 0.459. The highest BCUT2D eigenvalue weighted by Gasteiger charge is 2.03. The van der Waals surface area contributed by atoms with Crippen molar-refractivity contribution in [3.05, 3.63) is 18.6 Å². The first-order chi connectivity index (χ1) is 6.40. The lowest BCUT2D eigenvalue weighted by molar-refractivity contribution is 0.308. The SMILES string of the molecule is COc1cnc(-c2cnon2)cn1. The predicted octanol–water partition coefficient (Wildman–Crippen LogP) is 0.535. The van der Waals surface area contributed by atoms with Gasteiger partial charge in [-0.25, -0.2) is 14.6 Å². The molecule has 0 N–H and O–H groups in total. The highest BCUT2D eigenvalue weighted by atomic mass is 16.6. The van der Waals surface area contributed by atoms with Crippen molar-refractivity contribution in [1.82, 2.24) is 20.3 Å². The lowest BCUT2D eigenvalue weighted by atomic mass is 10.3. The van der Waals surface area contributed by atoms with E-state index in [9.17, 15) is 0 Å². The van der Waals surface area contributed by atoms with Crippen molar-refractivity contribution in [1.29, 1.82) is 0 Å². The van der Waals surface area contributed by atoms with Gasteiger partial charge in [0.15, 0.2) is 5.69 Å². The fourth-order valence-electron chi connectivity index (χ4n) is 0.831. The van der Waals surface area contributed by atoms with E-state index in [1.165, 1.54) is 19.5 Å². The van der Waals surface area contributed by atoms with Crippen LogP contribution < -0.4 is 4.74 Å². The van der Waals surface area contributed by atoms with Crippen LogP contribution in [0.5, 0.6) is 5.88 Å². The Bertz CT molecular complexity index is 370. The number of hydrogen-bond donors (Lipinski definition) is 0. The number of nitrogens with zero attached hydrogens (tertiary/aromatic N) is 4. The Morgan fingerprint density at radius 2 is 2.08 bits per heavy atom. The van der Waals surface area contributed by atoms with Crippen LogP contribution in [-0.4, -0.2) is 27.4 Å². The first kappa shape index (κ1) is 7.66. The summed E-state index contributed by atoms with van der Waals surface area (Å²) in [6, 6.07) is 0. The zero-order valence-electron chi connectivity index (χ0n) is 6.84. The van der Waals surface area contributed by atoms with Gasteiger partial charge in [-0.3, -0.25) is 0 Å². The highest BCUT2D eigenvalue weighted by molar-refractivity contribution is 5.49. The quantitative estimate of drug-likeness (QED) is 0.667. The Morgan fingerprint density at radius 3 is 2.62 bits per heavy atom. The summed E-state index contributed by atoms with van der Waals surface area (Å²) in [6.45, 7) is 0. The standard InChI is InChI=1S/C7H6N4O2/c1-12-7-4-8-5(2-9-7)6-3-10-13-11-6/h2-4H,1H3. The molecule has 66 valence electrons. The average molecular weight is 178 g/mol. The summed E-state index contributed by atoms with van der Waals surface area (Å²) < 4.78 is 9.28. The highest BCUT2D eigenvalue weighted by Crippen LogP contribution is 2.12. The number of rotatable bonds is 2. The fourth-order valence-corrected chi connectivity index (χ4v) is 0.831. The molecule has 2 heterocycles. The maximum atomic E-state index is 4.85. The zero-order chi connectivity index (χ0) is 9.10. The maximum Gasteiger partial charge on any atom is 0.232 e. The second-order valence-electron chi connectivity index (χ2n) is 2.24. The van der Waals surface area contributed by atoms with Gasteiger partial charge in [0.2, 0.25) is 5.88 Å². The van der Waals surface area contributed by atoms with Crippen LogP contribution in [0.1, 0.15) is 0 Å². The summed E-state index contributed by atoms with van der Waals surface area (Å²) in [7, 11) is 1.53. The molecule has 0 aliphatic carbocycles. The Balaban J connectivity index is 2.33. The molecule has 0 fully saturated rings. The third-order valence-corrected chi connectivity index (χ3v) is 1.46. The molecule has 0 amide bonds. The number of hydrogen-bond acceptors (Lipinski definition) is 6. The Morgan fingerprint density at radius 1 is 1.15 bits per heavy atom. The van der Waals surface area contributed by atoms with Gasteiger partial charge in [0.25, 0.3) is 0 Å².